The molecule has 0 aliphatic rings. The molecule has 1 aromatic heterocycles. The largest absolute Gasteiger partial charge is 0.406 e. The number of aromatic nitrogens is 2. The number of rotatable bonds is 7. The number of aryl methyl sites for hydroxylation is 1. The van der Waals surface area contributed by atoms with Crippen molar-refractivity contribution >= 4 is 17.5 Å². The fraction of sp³-hybridized carbons (Fsp3) is 0.636. The molecule has 1 heterocycles. The molecule has 0 fully saturated rings. The zero-order valence-corrected chi connectivity index (χ0v) is 12.0. The van der Waals surface area contributed by atoms with Gasteiger partial charge in [-0.05, 0) is 16.8 Å². The summed E-state index contributed by atoms with van der Waals surface area (Å²) in [6.45, 7) is 4.06. The summed E-state index contributed by atoms with van der Waals surface area (Å²) in [5, 5.41) is 16.4. The Morgan fingerprint density at radius 1 is 1.60 bits per heavy atom. The van der Waals surface area contributed by atoms with Crippen LogP contribution in [-0.4, -0.2) is 46.7 Å². The van der Waals surface area contributed by atoms with Gasteiger partial charge in [-0.3, -0.25) is 9.36 Å². The predicted octanol–water partition coefficient (Wildman–Crippen LogP) is 0.200. The molecule has 0 radical (unpaired) electrons. The molecule has 20 heavy (non-hydrogen) atoms. The van der Waals surface area contributed by atoms with Crippen LogP contribution in [0, 0.1) is 17.0 Å². The van der Waals surface area contributed by atoms with Gasteiger partial charge in [0.25, 0.3) is 0 Å². The van der Waals surface area contributed by atoms with Crippen molar-refractivity contribution in [2.75, 3.05) is 25.6 Å². The minimum Gasteiger partial charge on any atom is -0.383 e. The average molecular weight is 285 g/mol. The molecule has 1 amide bonds. The summed E-state index contributed by atoms with van der Waals surface area (Å²) in [6, 6.07) is -0.625. The molecule has 1 atom stereocenters. The highest BCUT2D eigenvalue weighted by Gasteiger charge is 2.26. The zero-order chi connectivity index (χ0) is 15.3. The number of hydrogen-bond acceptors (Lipinski definition) is 6. The first-order chi connectivity index (χ1) is 9.38. The number of nitrogens with zero attached hydrogens (tertiary/aromatic N) is 3. The van der Waals surface area contributed by atoms with E-state index in [-0.39, 0.29) is 17.5 Å². The van der Waals surface area contributed by atoms with E-state index in [0.29, 0.717) is 19.0 Å². The Morgan fingerprint density at radius 3 is 2.80 bits per heavy atom. The number of methoxy groups -OCH3 is 1. The monoisotopic (exact) mass is 285 g/mol. The molecule has 1 rings (SSSR count). The van der Waals surface area contributed by atoms with E-state index in [9.17, 15) is 14.9 Å². The second-order valence-electron chi connectivity index (χ2n) is 4.30. The minimum absolute atomic E-state index is 0.210. The fourth-order valence-electron chi connectivity index (χ4n) is 1.58. The van der Waals surface area contributed by atoms with Crippen LogP contribution in [0.4, 0.5) is 11.6 Å². The minimum atomic E-state index is -0.625. The van der Waals surface area contributed by atoms with Gasteiger partial charge in [0.15, 0.2) is 0 Å². The van der Waals surface area contributed by atoms with Crippen molar-refractivity contribution in [1.29, 1.82) is 0 Å². The van der Waals surface area contributed by atoms with Gasteiger partial charge in [-0.15, -0.1) is 0 Å². The lowest BCUT2D eigenvalue weighted by atomic mass is 10.3. The van der Waals surface area contributed by atoms with Crippen LogP contribution in [0.5, 0.6) is 0 Å². The van der Waals surface area contributed by atoms with Crippen molar-refractivity contribution in [3.63, 3.8) is 0 Å². The number of anilines is 1. The topological polar surface area (TPSA) is 111 Å². The molecule has 1 aromatic rings. The average Bonchev–Trinajstić information content (AvgIpc) is 2.67. The Morgan fingerprint density at radius 2 is 2.25 bits per heavy atom. The molecule has 0 aliphatic carbocycles. The lowest BCUT2D eigenvalue weighted by molar-refractivity contribution is -0.388. The smallest absolute Gasteiger partial charge is 0.383 e. The Labute approximate surface area is 116 Å². The first-order valence-corrected chi connectivity index (χ1v) is 6.09. The maximum absolute atomic E-state index is 11.8. The van der Waals surface area contributed by atoms with Crippen LogP contribution in [0.2, 0.25) is 0 Å². The van der Waals surface area contributed by atoms with Crippen molar-refractivity contribution in [1.82, 2.24) is 14.9 Å². The van der Waals surface area contributed by atoms with Gasteiger partial charge in [0.05, 0.1) is 6.61 Å². The molecule has 112 valence electrons. The van der Waals surface area contributed by atoms with Crippen LogP contribution >= 0.6 is 0 Å². The van der Waals surface area contributed by atoms with Crippen molar-refractivity contribution in [2.24, 2.45) is 7.05 Å². The molecule has 0 aliphatic heterocycles. The van der Waals surface area contributed by atoms with Crippen molar-refractivity contribution in [3.05, 3.63) is 15.9 Å². The highest BCUT2D eigenvalue weighted by Crippen LogP contribution is 2.24. The zero-order valence-electron chi connectivity index (χ0n) is 12.0. The molecule has 0 aromatic carbocycles. The third-order valence-corrected chi connectivity index (χ3v) is 2.83. The van der Waals surface area contributed by atoms with Gasteiger partial charge in [0.1, 0.15) is 6.04 Å². The van der Waals surface area contributed by atoms with Crippen LogP contribution in [0.15, 0.2) is 0 Å². The molecule has 0 spiro atoms. The predicted molar refractivity (Wildman–Crippen MR) is 72.6 cm³/mol. The van der Waals surface area contributed by atoms with Crippen LogP contribution in [-0.2, 0) is 16.6 Å². The Hall–Kier alpha value is -2.16. The first kappa shape index (κ1) is 15.9. The van der Waals surface area contributed by atoms with Crippen LogP contribution in [0.3, 0.4) is 0 Å². The molecule has 1 unspecified atom stereocenters. The molecule has 0 bridgehead atoms. The SMILES string of the molecule is COCCNC(=O)C(C)Nc1c([N+](=O)[O-])nc(C)n1C. The first-order valence-electron chi connectivity index (χ1n) is 6.09. The number of imidazole rings is 1. The van der Waals surface area contributed by atoms with E-state index < -0.39 is 11.0 Å². The third-order valence-electron chi connectivity index (χ3n) is 2.83. The number of carbonyl (C=O) groups is 1. The van der Waals surface area contributed by atoms with Crippen molar-refractivity contribution in [3.8, 4) is 0 Å². The molecular weight excluding hydrogens is 266 g/mol. The van der Waals surface area contributed by atoms with Gasteiger partial charge in [-0.2, -0.15) is 0 Å². The summed E-state index contributed by atoms with van der Waals surface area (Å²) in [5.74, 6) is 0.143. The molecular formula is C11H19N5O4. The van der Waals surface area contributed by atoms with Gasteiger partial charge < -0.3 is 25.5 Å². The van der Waals surface area contributed by atoms with Crippen molar-refractivity contribution in [2.45, 2.75) is 19.9 Å². The van der Waals surface area contributed by atoms with E-state index in [1.807, 2.05) is 0 Å². The summed E-state index contributed by atoms with van der Waals surface area (Å²) >= 11 is 0. The molecule has 9 nitrogen and oxygen atoms in total. The lowest BCUT2D eigenvalue weighted by Gasteiger charge is -2.14. The fourth-order valence-corrected chi connectivity index (χ4v) is 1.58. The number of ether oxygens (including phenoxy) is 1. The van der Waals surface area contributed by atoms with Gasteiger partial charge in [-0.1, -0.05) is 0 Å². The van der Waals surface area contributed by atoms with Gasteiger partial charge >= 0.3 is 5.82 Å². The van der Waals surface area contributed by atoms with Crippen LogP contribution in [0.1, 0.15) is 12.7 Å². The van der Waals surface area contributed by atoms with Crippen LogP contribution < -0.4 is 10.6 Å². The summed E-state index contributed by atoms with van der Waals surface area (Å²) in [7, 11) is 3.18. The van der Waals surface area contributed by atoms with Crippen LogP contribution in [0.25, 0.3) is 0 Å². The van der Waals surface area contributed by atoms with E-state index in [0.717, 1.165) is 0 Å². The summed E-state index contributed by atoms with van der Waals surface area (Å²) in [5.41, 5.74) is 0. The third kappa shape index (κ3) is 3.67. The summed E-state index contributed by atoms with van der Waals surface area (Å²) < 4.78 is 6.36. The molecule has 2 N–H and O–H groups in total. The highest BCUT2D eigenvalue weighted by molar-refractivity contribution is 5.84. The summed E-state index contributed by atoms with van der Waals surface area (Å²) in [6.07, 6.45) is 0. The number of nitrogens with one attached hydrogen (secondary N) is 2. The second kappa shape index (κ2) is 6.85. The number of hydrogen-bond donors (Lipinski definition) is 2. The maximum atomic E-state index is 11.8. The van der Waals surface area contributed by atoms with E-state index in [4.69, 9.17) is 4.74 Å². The highest BCUT2D eigenvalue weighted by atomic mass is 16.6. The van der Waals surface area contributed by atoms with Gasteiger partial charge in [0, 0.05) is 27.6 Å². The summed E-state index contributed by atoms with van der Waals surface area (Å²) in [4.78, 5) is 26.0. The Bertz CT molecular complexity index is 499. The van der Waals surface area contributed by atoms with Crippen molar-refractivity contribution < 1.29 is 14.5 Å². The van der Waals surface area contributed by atoms with E-state index >= 15 is 0 Å². The normalized spacial score (nSPS) is 12.0. The maximum Gasteiger partial charge on any atom is 0.406 e. The van der Waals surface area contributed by atoms with E-state index in [1.54, 1.807) is 20.9 Å². The quantitative estimate of drug-likeness (QED) is 0.420. The lowest BCUT2D eigenvalue weighted by Crippen LogP contribution is -2.39. The number of amides is 1. The second-order valence-corrected chi connectivity index (χ2v) is 4.30. The van der Waals surface area contributed by atoms with E-state index in [1.165, 1.54) is 11.7 Å². The standard InChI is InChI=1S/C11H19N5O4/c1-7(11(17)12-5-6-20-4)13-9-10(16(18)19)14-8(2)15(9)3/h7,13H,5-6H2,1-4H3,(H,12,17). The van der Waals surface area contributed by atoms with E-state index in [2.05, 4.69) is 15.6 Å². The van der Waals surface area contributed by atoms with Gasteiger partial charge in [0.2, 0.25) is 17.5 Å². The number of carbonyl (C=O) groups excluding carboxylic acids is 1. The Balaban J connectivity index is 2.77. The molecule has 9 heteroatoms. The molecule has 0 saturated heterocycles. The van der Waals surface area contributed by atoms with Gasteiger partial charge in [-0.25, -0.2) is 0 Å². The Kier molecular flexibility index (Phi) is 5.44. The number of nitro groups is 1. The molecule has 0 saturated carbocycles.